The Morgan fingerprint density at radius 3 is 2.47 bits per heavy atom. The van der Waals surface area contributed by atoms with Crippen molar-refractivity contribution in [2.45, 2.75) is 40.0 Å². The Balaban J connectivity index is 0.000000583. The molecule has 84 valence electrons. The van der Waals surface area contributed by atoms with E-state index < -0.39 is 0 Å². The van der Waals surface area contributed by atoms with E-state index in [1.165, 1.54) is 5.57 Å². The minimum atomic E-state index is 0.148. The Kier molecular flexibility index (Phi) is 5.96. The molecule has 0 amide bonds. The molecule has 0 saturated carbocycles. The predicted molar refractivity (Wildman–Crippen MR) is 64.3 cm³/mol. The van der Waals surface area contributed by atoms with Crippen LogP contribution in [0.3, 0.4) is 0 Å². The molecule has 1 aliphatic carbocycles. The van der Waals surface area contributed by atoms with Gasteiger partial charge in [0.05, 0.1) is 0 Å². The molecule has 0 heterocycles. The highest BCUT2D eigenvalue weighted by Gasteiger charge is 2.31. The molecule has 1 atom stereocenters. The quantitative estimate of drug-likeness (QED) is 0.557. The van der Waals surface area contributed by atoms with E-state index in [0.717, 1.165) is 37.7 Å². The van der Waals surface area contributed by atoms with Gasteiger partial charge in [-0.15, -0.1) is 12.3 Å². The molecule has 1 aliphatic rings. The van der Waals surface area contributed by atoms with E-state index in [1.807, 2.05) is 13.8 Å². The first-order valence-electron chi connectivity index (χ1n) is 5.30. The van der Waals surface area contributed by atoms with Crippen LogP contribution in [0.4, 0.5) is 0 Å². The van der Waals surface area contributed by atoms with Crippen LogP contribution in [0.15, 0.2) is 11.1 Å². The van der Waals surface area contributed by atoms with Crippen molar-refractivity contribution in [2.24, 2.45) is 11.1 Å². The maximum absolute atomic E-state index is 10.6. The lowest BCUT2D eigenvalue weighted by molar-refractivity contribution is -0.105. The lowest BCUT2D eigenvalue weighted by atomic mass is 9.83. The minimum absolute atomic E-state index is 0.148. The van der Waals surface area contributed by atoms with Gasteiger partial charge in [-0.05, 0) is 37.3 Å². The van der Waals surface area contributed by atoms with E-state index in [1.54, 1.807) is 0 Å². The zero-order valence-corrected chi connectivity index (χ0v) is 9.97. The molecule has 0 aromatic rings. The molecule has 0 radical (unpaired) electrons. The van der Waals surface area contributed by atoms with Crippen LogP contribution in [0.5, 0.6) is 0 Å². The first-order valence-corrected chi connectivity index (χ1v) is 5.30. The average Bonchev–Trinajstić information content (AvgIpc) is 2.43. The van der Waals surface area contributed by atoms with Gasteiger partial charge in [0.15, 0.2) is 0 Å². The van der Waals surface area contributed by atoms with Gasteiger partial charge in [0.2, 0.25) is 0 Å². The first kappa shape index (κ1) is 13.9. The van der Waals surface area contributed by atoms with Crippen molar-refractivity contribution in [3.05, 3.63) is 11.1 Å². The molecule has 0 aromatic heterocycles. The number of carbonyl (C=O) groups excluding carboxylic acids is 1. The number of allylic oxidation sites excluding steroid dienone is 2. The molecule has 0 aliphatic heterocycles. The fraction of sp³-hybridized carbons (Fsp3) is 0.615. The van der Waals surface area contributed by atoms with Crippen LogP contribution < -0.4 is 5.73 Å². The summed E-state index contributed by atoms with van der Waals surface area (Å²) < 4.78 is 0. The minimum Gasteiger partial charge on any atom is -0.331 e. The third kappa shape index (κ3) is 4.31. The van der Waals surface area contributed by atoms with Crippen LogP contribution in [-0.4, -0.2) is 12.8 Å². The Morgan fingerprint density at radius 2 is 2.13 bits per heavy atom. The number of hydrogen-bond donors (Lipinski definition) is 1. The van der Waals surface area contributed by atoms with Crippen molar-refractivity contribution < 1.29 is 4.79 Å². The standard InChI is InChI=1S/C11H14O.C2H7N/c1-4-5-11(3)6-9(2)10(7-11)8-12;1-2-3/h1,8H,5-7H2,2-3H3;2-3H2,1H3. The normalized spacial score (nSPS) is 24.2. The number of aldehydes is 1. The fourth-order valence-corrected chi connectivity index (χ4v) is 1.94. The van der Waals surface area contributed by atoms with Crippen molar-refractivity contribution in [3.8, 4) is 12.3 Å². The molecule has 0 fully saturated rings. The number of carbonyl (C=O) groups is 1. The Morgan fingerprint density at radius 1 is 1.60 bits per heavy atom. The third-order valence-electron chi connectivity index (χ3n) is 2.53. The average molecular weight is 207 g/mol. The topological polar surface area (TPSA) is 43.1 Å². The van der Waals surface area contributed by atoms with Crippen molar-refractivity contribution in [3.63, 3.8) is 0 Å². The van der Waals surface area contributed by atoms with E-state index in [9.17, 15) is 4.79 Å². The molecule has 0 aromatic carbocycles. The third-order valence-corrected chi connectivity index (χ3v) is 2.53. The van der Waals surface area contributed by atoms with E-state index in [2.05, 4.69) is 12.8 Å². The molecule has 15 heavy (non-hydrogen) atoms. The molecule has 2 N–H and O–H groups in total. The first-order chi connectivity index (χ1) is 7.02. The van der Waals surface area contributed by atoms with E-state index in [-0.39, 0.29) is 5.41 Å². The monoisotopic (exact) mass is 207 g/mol. The van der Waals surface area contributed by atoms with Crippen LogP contribution in [0.1, 0.15) is 40.0 Å². The van der Waals surface area contributed by atoms with Gasteiger partial charge in [-0.25, -0.2) is 0 Å². The molecule has 0 bridgehead atoms. The van der Waals surface area contributed by atoms with Gasteiger partial charge >= 0.3 is 0 Å². The Bertz CT molecular complexity index is 285. The highest BCUT2D eigenvalue weighted by atomic mass is 16.1. The van der Waals surface area contributed by atoms with Crippen LogP contribution in [-0.2, 0) is 4.79 Å². The molecule has 1 rings (SSSR count). The summed E-state index contributed by atoms with van der Waals surface area (Å²) in [5.41, 5.74) is 7.16. The number of hydrogen-bond acceptors (Lipinski definition) is 2. The summed E-state index contributed by atoms with van der Waals surface area (Å²) in [6, 6.07) is 0. The predicted octanol–water partition coefficient (Wildman–Crippen LogP) is 2.29. The zero-order chi connectivity index (χ0) is 11.9. The van der Waals surface area contributed by atoms with Crippen LogP contribution in [0, 0.1) is 17.8 Å². The van der Waals surface area contributed by atoms with E-state index in [4.69, 9.17) is 12.2 Å². The molecule has 0 saturated heterocycles. The summed E-state index contributed by atoms with van der Waals surface area (Å²) in [6.45, 7) is 6.82. The Labute approximate surface area is 92.9 Å². The summed E-state index contributed by atoms with van der Waals surface area (Å²) in [5.74, 6) is 2.67. The lowest BCUT2D eigenvalue weighted by Gasteiger charge is -2.20. The van der Waals surface area contributed by atoms with Gasteiger partial charge in [-0.1, -0.05) is 19.4 Å². The summed E-state index contributed by atoms with van der Waals surface area (Å²) >= 11 is 0. The number of nitrogens with two attached hydrogens (primary N) is 1. The van der Waals surface area contributed by atoms with Gasteiger partial charge in [0.25, 0.3) is 0 Å². The van der Waals surface area contributed by atoms with Crippen molar-refractivity contribution >= 4 is 6.29 Å². The van der Waals surface area contributed by atoms with E-state index >= 15 is 0 Å². The van der Waals surface area contributed by atoms with Crippen LogP contribution in [0.25, 0.3) is 0 Å². The van der Waals surface area contributed by atoms with Gasteiger partial charge < -0.3 is 5.73 Å². The van der Waals surface area contributed by atoms with Gasteiger partial charge in [-0.3, -0.25) is 4.79 Å². The van der Waals surface area contributed by atoms with Gasteiger partial charge in [0.1, 0.15) is 6.29 Å². The van der Waals surface area contributed by atoms with Crippen molar-refractivity contribution in [1.29, 1.82) is 0 Å². The smallest absolute Gasteiger partial charge is 0.145 e. The second-order valence-electron chi connectivity index (χ2n) is 4.38. The van der Waals surface area contributed by atoms with Gasteiger partial charge in [0, 0.05) is 6.42 Å². The molecule has 0 spiro atoms. The molecule has 2 nitrogen and oxygen atoms in total. The number of rotatable bonds is 2. The summed E-state index contributed by atoms with van der Waals surface area (Å²) in [7, 11) is 0. The number of terminal acetylenes is 1. The summed E-state index contributed by atoms with van der Waals surface area (Å²) in [5, 5.41) is 0. The molecule has 1 unspecified atom stereocenters. The van der Waals surface area contributed by atoms with Crippen molar-refractivity contribution in [2.75, 3.05) is 6.54 Å². The fourth-order valence-electron chi connectivity index (χ4n) is 1.94. The van der Waals surface area contributed by atoms with Crippen LogP contribution in [0.2, 0.25) is 0 Å². The SMILES string of the molecule is C#CCC1(C)CC(C)=C(C=O)C1.CCN. The second-order valence-corrected chi connectivity index (χ2v) is 4.38. The highest BCUT2D eigenvalue weighted by Crippen LogP contribution is 2.42. The molecular formula is C13H21NO. The summed E-state index contributed by atoms with van der Waals surface area (Å²) in [4.78, 5) is 10.6. The van der Waals surface area contributed by atoms with Crippen LogP contribution >= 0.6 is 0 Å². The van der Waals surface area contributed by atoms with E-state index in [0.29, 0.717) is 0 Å². The van der Waals surface area contributed by atoms with Crippen molar-refractivity contribution in [1.82, 2.24) is 0 Å². The molecular weight excluding hydrogens is 186 g/mol. The summed E-state index contributed by atoms with van der Waals surface area (Å²) in [6.07, 6.45) is 8.84. The maximum Gasteiger partial charge on any atom is 0.145 e. The largest absolute Gasteiger partial charge is 0.331 e. The zero-order valence-electron chi connectivity index (χ0n) is 9.97. The molecule has 2 heteroatoms. The highest BCUT2D eigenvalue weighted by molar-refractivity contribution is 5.75. The second kappa shape index (κ2) is 6.42. The Hall–Kier alpha value is -1.07. The lowest BCUT2D eigenvalue weighted by Crippen LogP contribution is -2.11. The maximum atomic E-state index is 10.6. The van der Waals surface area contributed by atoms with Gasteiger partial charge in [-0.2, -0.15) is 0 Å².